The van der Waals surface area contributed by atoms with E-state index in [2.05, 4.69) is 67.7 Å². The second kappa shape index (κ2) is 6.59. The summed E-state index contributed by atoms with van der Waals surface area (Å²) in [5, 5.41) is 0.238. The van der Waals surface area contributed by atoms with Crippen LogP contribution >= 0.6 is 0 Å². The molecule has 0 rings (SSSR count). The minimum atomic E-state index is -1.94. The molecule has 0 aliphatic rings. The molecule has 0 radical (unpaired) electrons. The van der Waals surface area contributed by atoms with Crippen LogP contribution in [0.3, 0.4) is 0 Å². The van der Waals surface area contributed by atoms with E-state index in [0.717, 1.165) is 0 Å². The predicted octanol–water partition coefficient (Wildman–Crippen LogP) is 5.37. The van der Waals surface area contributed by atoms with Crippen LogP contribution in [0.25, 0.3) is 0 Å². The molecule has 0 aliphatic carbocycles. The molecule has 2 nitrogen and oxygen atoms in total. The fourth-order valence-electron chi connectivity index (χ4n) is 1.22. The highest BCUT2D eigenvalue weighted by Crippen LogP contribution is 2.39. The molecule has 0 saturated carbocycles. The van der Waals surface area contributed by atoms with Crippen LogP contribution in [-0.2, 0) is 8.85 Å². The van der Waals surface area contributed by atoms with Crippen LogP contribution in [0, 0.1) is 0 Å². The lowest BCUT2D eigenvalue weighted by Gasteiger charge is -2.41. The van der Waals surface area contributed by atoms with Crippen molar-refractivity contribution in [3.63, 3.8) is 0 Å². The van der Waals surface area contributed by atoms with Crippen molar-refractivity contribution in [3.8, 4) is 0 Å². The van der Waals surface area contributed by atoms with Gasteiger partial charge in [-0.2, -0.15) is 0 Å². The Morgan fingerprint density at radius 1 is 0.850 bits per heavy atom. The summed E-state index contributed by atoms with van der Waals surface area (Å²) >= 11 is 0. The SMILES string of the molecule is CC(C)(C)[Si](C)(C)OCC(CF)O[Si](C)(C)C(C)(C)C. The van der Waals surface area contributed by atoms with E-state index in [0.29, 0.717) is 6.61 Å². The minimum absolute atomic E-state index is 0.0946. The average Bonchev–Trinajstić information content (AvgIpc) is 2.20. The summed E-state index contributed by atoms with van der Waals surface area (Å²) in [4.78, 5) is 0. The average molecular weight is 323 g/mol. The van der Waals surface area contributed by atoms with Gasteiger partial charge in [0.25, 0.3) is 0 Å². The first-order chi connectivity index (χ1) is 8.64. The molecule has 0 aromatic carbocycles. The van der Waals surface area contributed by atoms with Gasteiger partial charge >= 0.3 is 0 Å². The monoisotopic (exact) mass is 322 g/mol. The first-order valence-electron chi connectivity index (χ1n) is 7.52. The number of hydrogen-bond acceptors (Lipinski definition) is 2. The van der Waals surface area contributed by atoms with E-state index in [1.165, 1.54) is 0 Å². The van der Waals surface area contributed by atoms with Gasteiger partial charge in [0.2, 0.25) is 0 Å². The van der Waals surface area contributed by atoms with E-state index in [9.17, 15) is 4.39 Å². The Balaban J connectivity index is 4.68. The highest BCUT2D eigenvalue weighted by atomic mass is 28.4. The van der Waals surface area contributed by atoms with Crippen molar-refractivity contribution in [2.45, 2.75) is 83.9 Å². The smallest absolute Gasteiger partial charge is 0.192 e. The Hall–Kier alpha value is 0.284. The van der Waals surface area contributed by atoms with Crippen LogP contribution < -0.4 is 0 Å². The first kappa shape index (κ1) is 20.3. The van der Waals surface area contributed by atoms with Crippen molar-refractivity contribution in [3.05, 3.63) is 0 Å². The normalized spacial score (nSPS) is 16.4. The quantitative estimate of drug-likeness (QED) is 0.612. The zero-order valence-corrected chi connectivity index (χ0v) is 17.2. The van der Waals surface area contributed by atoms with E-state index < -0.39 is 29.4 Å². The van der Waals surface area contributed by atoms with Crippen LogP contribution in [0.4, 0.5) is 4.39 Å². The number of halogens is 1. The van der Waals surface area contributed by atoms with Gasteiger partial charge in [0, 0.05) is 0 Å². The van der Waals surface area contributed by atoms with Crippen LogP contribution in [0.15, 0.2) is 0 Å². The van der Waals surface area contributed by atoms with E-state index in [1.54, 1.807) is 0 Å². The summed E-state index contributed by atoms with van der Waals surface area (Å²) in [5.41, 5.74) is 0. The molecular weight excluding hydrogens is 287 g/mol. The van der Waals surface area contributed by atoms with E-state index >= 15 is 0 Å². The van der Waals surface area contributed by atoms with Gasteiger partial charge in [-0.05, 0) is 36.3 Å². The number of alkyl halides is 1. The third kappa shape index (κ3) is 5.58. The van der Waals surface area contributed by atoms with Gasteiger partial charge < -0.3 is 8.85 Å². The standard InChI is InChI=1S/C15H35FO2Si2/c1-14(2,3)19(7,8)17-12-13(11-16)18-20(9,10)15(4,5)6/h13H,11-12H2,1-10H3. The summed E-state index contributed by atoms with van der Waals surface area (Å²) in [7, 11) is -3.77. The molecule has 0 bridgehead atoms. The Morgan fingerprint density at radius 2 is 1.25 bits per heavy atom. The lowest BCUT2D eigenvalue weighted by Crippen LogP contribution is -2.48. The van der Waals surface area contributed by atoms with Crippen LogP contribution in [-0.4, -0.2) is 36.0 Å². The predicted molar refractivity (Wildman–Crippen MR) is 91.2 cm³/mol. The van der Waals surface area contributed by atoms with Gasteiger partial charge in [-0.3, -0.25) is 0 Å². The van der Waals surface area contributed by atoms with Gasteiger partial charge in [-0.15, -0.1) is 0 Å². The van der Waals surface area contributed by atoms with Gasteiger partial charge in [0.1, 0.15) is 6.67 Å². The molecule has 122 valence electrons. The van der Waals surface area contributed by atoms with Gasteiger partial charge in [-0.25, -0.2) is 4.39 Å². The molecule has 0 fully saturated rings. The second-order valence-electron chi connectivity index (χ2n) is 8.73. The molecule has 1 unspecified atom stereocenters. The lowest BCUT2D eigenvalue weighted by molar-refractivity contribution is 0.0857. The van der Waals surface area contributed by atoms with E-state index in [-0.39, 0.29) is 10.1 Å². The third-order valence-corrected chi connectivity index (χ3v) is 13.9. The van der Waals surface area contributed by atoms with Crippen molar-refractivity contribution in [1.82, 2.24) is 0 Å². The van der Waals surface area contributed by atoms with Gasteiger partial charge in [0.15, 0.2) is 16.6 Å². The molecule has 0 aromatic rings. The molecule has 1 atom stereocenters. The van der Waals surface area contributed by atoms with Crippen molar-refractivity contribution in [1.29, 1.82) is 0 Å². The molecule has 20 heavy (non-hydrogen) atoms. The van der Waals surface area contributed by atoms with Gasteiger partial charge in [0.05, 0.1) is 12.7 Å². The van der Waals surface area contributed by atoms with E-state index in [4.69, 9.17) is 8.85 Å². The molecule has 0 saturated heterocycles. The first-order valence-corrected chi connectivity index (χ1v) is 13.3. The molecule has 0 spiro atoms. The van der Waals surface area contributed by atoms with E-state index in [1.807, 2.05) is 0 Å². The molecule has 0 aromatic heterocycles. The molecule has 0 aliphatic heterocycles. The zero-order valence-electron chi connectivity index (χ0n) is 15.2. The molecule has 5 heteroatoms. The topological polar surface area (TPSA) is 18.5 Å². The summed E-state index contributed by atoms with van der Waals surface area (Å²) in [5.74, 6) is 0. The molecule has 0 N–H and O–H groups in total. The van der Waals surface area contributed by atoms with Crippen LogP contribution in [0.1, 0.15) is 41.5 Å². The largest absolute Gasteiger partial charge is 0.414 e. The van der Waals surface area contributed by atoms with Gasteiger partial charge in [-0.1, -0.05) is 41.5 Å². The van der Waals surface area contributed by atoms with Crippen LogP contribution in [0.5, 0.6) is 0 Å². The molecular formula is C15H35FO2Si2. The summed E-state index contributed by atoms with van der Waals surface area (Å²) in [6.45, 7) is 21.7. The maximum atomic E-state index is 13.3. The Morgan fingerprint density at radius 3 is 1.55 bits per heavy atom. The fourth-order valence-corrected chi connectivity index (χ4v) is 3.57. The van der Waals surface area contributed by atoms with Crippen LogP contribution in [0.2, 0.25) is 36.3 Å². The highest BCUT2D eigenvalue weighted by Gasteiger charge is 2.41. The zero-order chi connectivity index (χ0) is 16.4. The Labute approximate surface area is 127 Å². The second-order valence-corrected chi connectivity index (χ2v) is 18.3. The maximum Gasteiger partial charge on any atom is 0.192 e. The minimum Gasteiger partial charge on any atom is -0.414 e. The molecule has 0 amide bonds. The highest BCUT2D eigenvalue weighted by molar-refractivity contribution is 6.74. The maximum absolute atomic E-state index is 13.3. The summed E-state index contributed by atoms with van der Waals surface area (Å²) in [6, 6.07) is 0. The molecule has 0 heterocycles. The fraction of sp³-hybridized carbons (Fsp3) is 1.00. The lowest BCUT2D eigenvalue weighted by atomic mass is 10.2. The van der Waals surface area contributed by atoms with Crippen molar-refractivity contribution < 1.29 is 13.2 Å². The Kier molecular flexibility index (Phi) is 6.68. The summed E-state index contributed by atoms with van der Waals surface area (Å²) < 4.78 is 25.5. The Bertz CT molecular complexity index is 304. The number of hydrogen-bond donors (Lipinski definition) is 0. The summed E-state index contributed by atoms with van der Waals surface area (Å²) in [6.07, 6.45) is -0.426. The third-order valence-electron chi connectivity index (χ3n) is 4.88. The van der Waals surface area contributed by atoms with Crippen molar-refractivity contribution >= 4 is 16.6 Å². The number of rotatable bonds is 6. The van der Waals surface area contributed by atoms with Crippen molar-refractivity contribution in [2.24, 2.45) is 0 Å². The van der Waals surface area contributed by atoms with Crippen molar-refractivity contribution in [2.75, 3.05) is 13.3 Å².